The molecule has 92 valence electrons. The Morgan fingerprint density at radius 3 is 2.67 bits per heavy atom. The van der Waals surface area contributed by atoms with Gasteiger partial charge in [0.2, 0.25) is 0 Å². The van der Waals surface area contributed by atoms with Gasteiger partial charge in [-0.1, -0.05) is 24.3 Å². The maximum absolute atomic E-state index is 11.0. The van der Waals surface area contributed by atoms with Crippen LogP contribution in [0.4, 0.5) is 11.5 Å². The molecule has 5 nitrogen and oxygen atoms in total. The van der Waals surface area contributed by atoms with Gasteiger partial charge in [0, 0.05) is 12.2 Å². The second-order valence-electron chi connectivity index (χ2n) is 3.82. The molecular formula is C13H14N4O. The molecule has 1 aromatic heterocycles. The number of nitrogen functional groups attached to an aromatic ring is 1. The number of benzene rings is 1. The fraction of sp³-hybridized carbons (Fsp3) is 0.0769. The highest BCUT2D eigenvalue weighted by atomic mass is 16.1. The Bertz CT molecular complexity index is 568. The minimum Gasteiger partial charge on any atom is -0.398 e. The number of amides is 1. The molecule has 0 aliphatic carbocycles. The van der Waals surface area contributed by atoms with Gasteiger partial charge in [0.05, 0.1) is 0 Å². The Labute approximate surface area is 105 Å². The summed E-state index contributed by atoms with van der Waals surface area (Å²) in [5, 5.41) is 3.10. The molecule has 1 aromatic carbocycles. The third-order valence-corrected chi connectivity index (χ3v) is 2.52. The van der Waals surface area contributed by atoms with Crippen molar-refractivity contribution < 1.29 is 4.79 Å². The van der Waals surface area contributed by atoms with E-state index >= 15 is 0 Å². The zero-order valence-corrected chi connectivity index (χ0v) is 9.76. The van der Waals surface area contributed by atoms with Crippen molar-refractivity contribution in [1.82, 2.24) is 4.98 Å². The summed E-state index contributed by atoms with van der Waals surface area (Å²) < 4.78 is 0. The summed E-state index contributed by atoms with van der Waals surface area (Å²) in [7, 11) is 0. The van der Waals surface area contributed by atoms with Gasteiger partial charge in [-0.25, -0.2) is 4.98 Å². The summed E-state index contributed by atoms with van der Waals surface area (Å²) in [6.45, 7) is 0.544. The summed E-state index contributed by atoms with van der Waals surface area (Å²) in [5.74, 6) is 0.0485. The van der Waals surface area contributed by atoms with Crippen molar-refractivity contribution in [3.63, 3.8) is 0 Å². The molecule has 0 fully saturated rings. The highest BCUT2D eigenvalue weighted by Crippen LogP contribution is 2.13. The highest BCUT2D eigenvalue weighted by molar-refractivity contribution is 5.91. The molecule has 0 aliphatic heterocycles. The second kappa shape index (κ2) is 5.18. The van der Waals surface area contributed by atoms with Crippen LogP contribution in [0.2, 0.25) is 0 Å². The van der Waals surface area contributed by atoms with E-state index in [1.54, 1.807) is 18.2 Å². The van der Waals surface area contributed by atoms with Crippen molar-refractivity contribution in [2.24, 2.45) is 5.73 Å². The van der Waals surface area contributed by atoms with Gasteiger partial charge in [-0.05, 0) is 23.8 Å². The molecule has 2 aromatic rings. The normalized spacial score (nSPS) is 10.0. The van der Waals surface area contributed by atoms with E-state index in [1.807, 2.05) is 24.3 Å². The lowest BCUT2D eigenvalue weighted by Crippen LogP contribution is -2.14. The van der Waals surface area contributed by atoms with Crippen LogP contribution in [0, 0.1) is 0 Å². The number of primary amides is 1. The van der Waals surface area contributed by atoms with Crippen LogP contribution in [0.25, 0.3) is 0 Å². The van der Waals surface area contributed by atoms with Gasteiger partial charge in [-0.3, -0.25) is 4.79 Å². The molecular weight excluding hydrogens is 228 g/mol. The van der Waals surface area contributed by atoms with E-state index in [0.717, 1.165) is 11.3 Å². The topological polar surface area (TPSA) is 94.0 Å². The van der Waals surface area contributed by atoms with E-state index in [-0.39, 0.29) is 5.69 Å². The average Bonchev–Trinajstić information content (AvgIpc) is 2.38. The molecule has 0 saturated heterocycles. The molecule has 0 atom stereocenters. The highest BCUT2D eigenvalue weighted by Gasteiger charge is 2.03. The van der Waals surface area contributed by atoms with Crippen molar-refractivity contribution >= 4 is 17.4 Å². The quantitative estimate of drug-likeness (QED) is 0.706. The number of para-hydroxylation sites is 1. The van der Waals surface area contributed by atoms with Gasteiger partial charge < -0.3 is 16.8 Å². The number of rotatable bonds is 4. The summed E-state index contributed by atoms with van der Waals surface area (Å²) >= 11 is 0. The van der Waals surface area contributed by atoms with Gasteiger partial charge in [0.1, 0.15) is 11.5 Å². The van der Waals surface area contributed by atoms with Crippen molar-refractivity contribution in [1.29, 1.82) is 0 Å². The number of nitrogens with one attached hydrogen (secondary N) is 1. The van der Waals surface area contributed by atoms with Crippen molar-refractivity contribution in [2.45, 2.75) is 6.54 Å². The van der Waals surface area contributed by atoms with Crippen LogP contribution in [0.15, 0.2) is 42.5 Å². The Kier molecular flexibility index (Phi) is 3.43. The fourth-order valence-electron chi connectivity index (χ4n) is 1.55. The number of nitrogens with two attached hydrogens (primary N) is 2. The van der Waals surface area contributed by atoms with Crippen LogP contribution in [0.1, 0.15) is 16.1 Å². The van der Waals surface area contributed by atoms with Gasteiger partial charge >= 0.3 is 0 Å². The first-order valence-electron chi connectivity index (χ1n) is 5.51. The third-order valence-electron chi connectivity index (χ3n) is 2.52. The number of hydrogen-bond acceptors (Lipinski definition) is 4. The van der Waals surface area contributed by atoms with Crippen molar-refractivity contribution in [3.8, 4) is 0 Å². The van der Waals surface area contributed by atoms with E-state index < -0.39 is 5.91 Å². The van der Waals surface area contributed by atoms with Crippen LogP contribution in [0.3, 0.4) is 0 Å². The minimum absolute atomic E-state index is 0.237. The molecule has 18 heavy (non-hydrogen) atoms. The lowest BCUT2D eigenvalue weighted by atomic mass is 10.2. The van der Waals surface area contributed by atoms with Crippen LogP contribution in [-0.4, -0.2) is 10.9 Å². The zero-order chi connectivity index (χ0) is 13.0. The van der Waals surface area contributed by atoms with E-state index in [2.05, 4.69) is 10.3 Å². The Morgan fingerprint density at radius 2 is 1.94 bits per heavy atom. The van der Waals surface area contributed by atoms with E-state index in [4.69, 9.17) is 11.5 Å². The van der Waals surface area contributed by atoms with Crippen LogP contribution in [0.5, 0.6) is 0 Å². The van der Waals surface area contributed by atoms with Crippen LogP contribution in [-0.2, 0) is 6.54 Å². The predicted octanol–water partition coefficient (Wildman–Crippen LogP) is 1.37. The van der Waals surface area contributed by atoms with E-state index in [9.17, 15) is 4.79 Å². The summed E-state index contributed by atoms with van der Waals surface area (Å²) in [5.41, 5.74) is 12.9. The molecule has 2 rings (SSSR count). The Hall–Kier alpha value is -2.56. The van der Waals surface area contributed by atoms with Gasteiger partial charge in [-0.15, -0.1) is 0 Å². The monoisotopic (exact) mass is 242 g/mol. The van der Waals surface area contributed by atoms with Gasteiger partial charge in [0.25, 0.3) is 5.91 Å². The van der Waals surface area contributed by atoms with E-state index in [1.165, 1.54) is 0 Å². The maximum Gasteiger partial charge on any atom is 0.267 e. The average molecular weight is 242 g/mol. The SMILES string of the molecule is NC(=O)c1cccc(NCc2ccccc2N)n1. The summed E-state index contributed by atoms with van der Waals surface area (Å²) in [6, 6.07) is 12.6. The second-order valence-corrected chi connectivity index (χ2v) is 3.82. The first kappa shape index (κ1) is 11.9. The number of aromatic nitrogens is 1. The third kappa shape index (κ3) is 2.76. The first-order chi connectivity index (χ1) is 8.66. The number of anilines is 2. The molecule has 0 saturated carbocycles. The number of hydrogen-bond donors (Lipinski definition) is 3. The molecule has 0 bridgehead atoms. The number of carbonyl (C=O) groups is 1. The molecule has 1 amide bonds. The largest absolute Gasteiger partial charge is 0.398 e. The van der Waals surface area contributed by atoms with Crippen molar-refractivity contribution in [3.05, 3.63) is 53.7 Å². The number of pyridine rings is 1. The molecule has 0 unspecified atom stereocenters. The molecule has 0 aliphatic rings. The Morgan fingerprint density at radius 1 is 1.17 bits per heavy atom. The zero-order valence-electron chi connectivity index (χ0n) is 9.76. The van der Waals surface area contributed by atoms with Crippen LogP contribution >= 0.6 is 0 Å². The number of carbonyl (C=O) groups excluding carboxylic acids is 1. The predicted molar refractivity (Wildman–Crippen MR) is 70.9 cm³/mol. The first-order valence-corrected chi connectivity index (χ1v) is 5.51. The molecule has 0 spiro atoms. The fourth-order valence-corrected chi connectivity index (χ4v) is 1.55. The lowest BCUT2D eigenvalue weighted by Gasteiger charge is -2.08. The standard InChI is InChI=1S/C13H14N4O/c14-10-5-2-1-4-9(10)8-16-12-7-3-6-11(17-12)13(15)18/h1-7H,8,14H2,(H2,15,18)(H,16,17). The summed E-state index contributed by atoms with van der Waals surface area (Å²) in [4.78, 5) is 15.1. The van der Waals surface area contributed by atoms with Crippen LogP contribution < -0.4 is 16.8 Å². The molecule has 1 heterocycles. The van der Waals surface area contributed by atoms with Gasteiger partial charge in [-0.2, -0.15) is 0 Å². The van der Waals surface area contributed by atoms with E-state index in [0.29, 0.717) is 12.4 Å². The van der Waals surface area contributed by atoms with Crippen molar-refractivity contribution in [2.75, 3.05) is 11.1 Å². The lowest BCUT2D eigenvalue weighted by molar-refractivity contribution is 0.0995. The Balaban J connectivity index is 2.09. The molecule has 0 radical (unpaired) electrons. The minimum atomic E-state index is -0.544. The number of nitrogens with zero attached hydrogens (tertiary/aromatic N) is 1. The maximum atomic E-state index is 11.0. The molecule has 5 heteroatoms. The smallest absolute Gasteiger partial charge is 0.267 e. The molecule has 5 N–H and O–H groups in total. The van der Waals surface area contributed by atoms with Gasteiger partial charge in [0.15, 0.2) is 0 Å². The summed E-state index contributed by atoms with van der Waals surface area (Å²) in [6.07, 6.45) is 0.